The Kier molecular flexibility index (Phi) is 3.61. The van der Waals surface area contributed by atoms with Crippen LogP contribution in [0.2, 0.25) is 0 Å². The van der Waals surface area contributed by atoms with Crippen molar-refractivity contribution >= 4 is 0 Å². The van der Waals surface area contributed by atoms with Crippen LogP contribution in [0.1, 0.15) is 24.1 Å². The molecule has 0 unspecified atom stereocenters. The maximum Gasteiger partial charge on any atom is 0.0638 e. The van der Waals surface area contributed by atoms with Crippen molar-refractivity contribution in [2.24, 2.45) is 7.05 Å². The SMILES string of the molecule is Cc1nn(C)cc1CN(C)C[C@H]1CCCN1. The van der Waals surface area contributed by atoms with E-state index in [1.807, 2.05) is 11.7 Å². The molecule has 0 aliphatic carbocycles. The van der Waals surface area contributed by atoms with E-state index in [2.05, 4.69) is 35.5 Å². The monoisotopic (exact) mass is 222 g/mol. The Labute approximate surface area is 97.6 Å². The van der Waals surface area contributed by atoms with Gasteiger partial charge in [0.1, 0.15) is 0 Å². The van der Waals surface area contributed by atoms with Crippen LogP contribution in [0.25, 0.3) is 0 Å². The van der Waals surface area contributed by atoms with Crippen molar-refractivity contribution in [2.75, 3.05) is 20.1 Å². The molecule has 16 heavy (non-hydrogen) atoms. The standard InChI is InChI=1S/C12H22N4/c1-10-11(8-16(3)14-10)7-15(2)9-12-5-4-6-13-12/h8,12-13H,4-7,9H2,1-3H3/t12-/m1/s1. The van der Waals surface area contributed by atoms with Crippen molar-refractivity contribution in [1.82, 2.24) is 20.0 Å². The number of aryl methyl sites for hydroxylation is 2. The molecule has 1 aromatic heterocycles. The fourth-order valence-electron chi connectivity index (χ4n) is 2.45. The van der Waals surface area contributed by atoms with Crippen molar-refractivity contribution in [3.63, 3.8) is 0 Å². The Hall–Kier alpha value is -0.870. The van der Waals surface area contributed by atoms with Gasteiger partial charge >= 0.3 is 0 Å². The number of hydrogen-bond acceptors (Lipinski definition) is 3. The average molecular weight is 222 g/mol. The zero-order valence-corrected chi connectivity index (χ0v) is 10.5. The minimum Gasteiger partial charge on any atom is -0.313 e. The van der Waals surface area contributed by atoms with Crippen LogP contribution in [0.5, 0.6) is 0 Å². The molecular weight excluding hydrogens is 200 g/mol. The van der Waals surface area contributed by atoms with Crippen LogP contribution in [0.3, 0.4) is 0 Å². The normalized spacial score (nSPS) is 20.9. The van der Waals surface area contributed by atoms with Gasteiger partial charge in [0.05, 0.1) is 5.69 Å². The predicted molar refractivity (Wildman–Crippen MR) is 65.3 cm³/mol. The summed E-state index contributed by atoms with van der Waals surface area (Å²) < 4.78 is 1.90. The summed E-state index contributed by atoms with van der Waals surface area (Å²) in [5, 5.41) is 7.90. The molecule has 2 rings (SSSR count). The lowest BCUT2D eigenvalue weighted by Crippen LogP contribution is -2.35. The fourth-order valence-corrected chi connectivity index (χ4v) is 2.45. The molecule has 0 amide bonds. The van der Waals surface area contributed by atoms with Gasteiger partial charge in [-0.05, 0) is 33.4 Å². The lowest BCUT2D eigenvalue weighted by molar-refractivity contribution is 0.292. The molecule has 1 saturated heterocycles. The van der Waals surface area contributed by atoms with Crippen LogP contribution in [0.15, 0.2) is 6.20 Å². The highest BCUT2D eigenvalue weighted by molar-refractivity contribution is 5.14. The second-order valence-electron chi connectivity index (χ2n) is 4.90. The van der Waals surface area contributed by atoms with E-state index in [4.69, 9.17) is 0 Å². The van der Waals surface area contributed by atoms with E-state index < -0.39 is 0 Å². The maximum absolute atomic E-state index is 4.37. The van der Waals surface area contributed by atoms with E-state index >= 15 is 0 Å². The summed E-state index contributed by atoms with van der Waals surface area (Å²) in [5.41, 5.74) is 2.48. The second kappa shape index (κ2) is 4.97. The molecular formula is C12H22N4. The van der Waals surface area contributed by atoms with Crippen LogP contribution < -0.4 is 5.32 Å². The molecule has 4 heteroatoms. The first-order chi connectivity index (χ1) is 7.65. The predicted octanol–water partition coefficient (Wildman–Crippen LogP) is 0.912. The first-order valence-corrected chi connectivity index (χ1v) is 6.06. The molecule has 0 bridgehead atoms. The van der Waals surface area contributed by atoms with Crippen LogP contribution in [0.4, 0.5) is 0 Å². The molecule has 0 saturated carbocycles. The van der Waals surface area contributed by atoms with E-state index in [1.54, 1.807) is 0 Å². The van der Waals surface area contributed by atoms with Gasteiger partial charge in [0.2, 0.25) is 0 Å². The van der Waals surface area contributed by atoms with E-state index in [0.717, 1.165) is 18.8 Å². The van der Waals surface area contributed by atoms with Crippen LogP contribution >= 0.6 is 0 Å². The van der Waals surface area contributed by atoms with E-state index in [9.17, 15) is 0 Å². The molecule has 1 aromatic rings. The van der Waals surface area contributed by atoms with E-state index in [1.165, 1.54) is 24.9 Å². The van der Waals surface area contributed by atoms with Crippen molar-refractivity contribution < 1.29 is 0 Å². The summed E-state index contributed by atoms with van der Waals surface area (Å²) in [6.07, 6.45) is 4.76. The first-order valence-electron chi connectivity index (χ1n) is 6.06. The third kappa shape index (κ3) is 2.83. The number of hydrogen-bond donors (Lipinski definition) is 1. The van der Waals surface area contributed by atoms with Gasteiger partial charge in [-0.1, -0.05) is 0 Å². The second-order valence-corrected chi connectivity index (χ2v) is 4.90. The van der Waals surface area contributed by atoms with Gasteiger partial charge in [-0.3, -0.25) is 4.68 Å². The zero-order chi connectivity index (χ0) is 11.5. The van der Waals surface area contributed by atoms with Crippen molar-refractivity contribution in [2.45, 2.75) is 32.4 Å². The quantitative estimate of drug-likeness (QED) is 0.822. The van der Waals surface area contributed by atoms with Gasteiger partial charge in [0.15, 0.2) is 0 Å². The first kappa shape index (κ1) is 11.6. The summed E-state index contributed by atoms with van der Waals surface area (Å²) in [5.74, 6) is 0. The number of aromatic nitrogens is 2. The summed E-state index contributed by atoms with van der Waals surface area (Å²) in [4.78, 5) is 2.38. The number of nitrogens with zero attached hydrogens (tertiary/aromatic N) is 3. The van der Waals surface area contributed by atoms with Gasteiger partial charge in [-0.15, -0.1) is 0 Å². The Morgan fingerprint density at radius 1 is 1.62 bits per heavy atom. The van der Waals surface area contributed by atoms with Crippen molar-refractivity contribution in [1.29, 1.82) is 0 Å². The molecule has 2 heterocycles. The summed E-state index contributed by atoms with van der Waals surface area (Å²) in [6, 6.07) is 0.682. The highest BCUT2D eigenvalue weighted by Crippen LogP contribution is 2.10. The molecule has 1 fully saturated rings. The molecule has 1 N–H and O–H groups in total. The highest BCUT2D eigenvalue weighted by Gasteiger charge is 2.16. The maximum atomic E-state index is 4.37. The fraction of sp³-hybridized carbons (Fsp3) is 0.750. The minimum atomic E-state index is 0.682. The Morgan fingerprint density at radius 2 is 2.44 bits per heavy atom. The molecule has 0 aromatic carbocycles. The molecule has 1 atom stereocenters. The largest absolute Gasteiger partial charge is 0.313 e. The summed E-state index contributed by atoms with van der Waals surface area (Å²) in [6.45, 7) is 5.40. The van der Waals surface area contributed by atoms with Crippen molar-refractivity contribution in [3.05, 3.63) is 17.5 Å². The Morgan fingerprint density at radius 3 is 3.00 bits per heavy atom. The van der Waals surface area contributed by atoms with Crippen LogP contribution in [0, 0.1) is 6.92 Å². The molecule has 90 valence electrons. The lowest BCUT2D eigenvalue weighted by Gasteiger charge is -2.20. The average Bonchev–Trinajstić information content (AvgIpc) is 2.78. The summed E-state index contributed by atoms with van der Waals surface area (Å²) in [7, 11) is 4.17. The van der Waals surface area contributed by atoms with Gasteiger partial charge in [0.25, 0.3) is 0 Å². The molecule has 1 aliphatic rings. The summed E-state index contributed by atoms with van der Waals surface area (Å²) >= 11 is 0. The molecule has 4 nitrogen and oxygen atoms in total. The zero-order valence-electron chi connectivity index (χ0n) is 10.5. The topological polar surface area (TPSA) is 33.1 Å². The van der Waals surface area contributed by atoms with Gasteiger partial charge < -0.3 is 10.2 Å². The third-order valence-corrected chi connectivity index (χ3v) is 3.25. The van der Waals surface area contributed by atoms with Crippen molar-refractivity contribution in [3.8, 4) is 0 Å². The van der Waals surface area contributed by atoms with Crippen LogP contribution in [-0.2, 0) is 13.6 Å². The number of likely N-dealkylation sites (N-methyl/N-ethyl adjacent to an activating group) is 1. The minimum absolute atomic E-state index is 0.682. The Bertz CT molecular complexity index is 339. The third-order valence-electron chi connectivity index (χ3n) is 3.25. The van der Waals surface area contributed by atoms with Gasteiger partial charge in [-0.2, -0.15) is 5.10 Å². The number of nitrogens with one attached hydrogen (secondary N) is 1. The van der Waals surface area contributed by atoms with E-state index in [0.29, 0.717) is 6.04 Å². The highest BCUT2D eigenvalue weighted by atomic mass is 15.3. The Balaban J connectivity index is 1.86. The smallest absolute Gasteiger partial charge is 0.0638 e. The van der Waals surface area contributed by atoms with Gasteiger partial charge in [0, 0.05) is 37.9 Å². The van der Waals surface area contributed by atoms with Gasteiger partial charge in [-0.25, -0.2) is 0 Å². The van der Waals surface area contributed by atoms with E-state index in [-0.39, 0.29) is 0 Å². The molecule has 0 radical (unpaired) electrons. The van der Waals surface area contributed by atoms with Crippen LogP contribution in [-0.4, -0.2) is 40.9 Å². The number of rotatable bonds is 4. The lowest BCUT2D eigenvalue weighted by atomic mass is 10.2. The molecule has 1 aliphatic heterocycles. The molecule has 0 spiro atoms.